The summed E-state index contributed by atoms with van der Waals surface area (Å²) in [5.41, 5.74) is 5.74. The average molecular weight is 360 g/mol. The molecule has 0 spiro atoms. The van der Waals surface area contributed by atoms with Gasteiger partial charge in [0, 0.05) is 10.7 Å². The number of nitrogens with zero attached hydrogens (tertiary/aromatic N) is 1. The number of benzene rings is 2. The first-order valence-electron chi connectivity index (χ1n) is 7.23. The second-order valence-electron chi connectivity index (χ2n) is 5.19. The van der Waals surface area contributed by atoms with Crippen LogP contribution in [0.3, 0.4) is 0 Å². The number of ketones is 1. The van der Waals surface area contributed by atoms with Crippen molar-refractivity contribution in [1.29, 1.82) is 0 Å². The zero-order chi connectivity index (χ0) is 18.0. The minimum atomic E-state index is -0.953. The lowest BCUT2D eigenvalue weighted by Crippen LogP contribution is -2.11. The van der Waals surface area contributed by atoms with Crippen molar-refractivity contribution < 1.29 is 13.6 Å². The van der Waals surface area contributed by atoms with Crippen molar-refractivity contribution in [2.45, 2.75) is 0 Å². The molecule has 0 amide bonds. The summed E-state index contributed by atoms with van der Waals surface area (Å²) in [5, 5.41) is 3.52. The van der Waals surface area contributed by atoms with Gasteiger partial charge in [-0.1, -0.05) is 23.7 Å². The fourth-order valence-electron chi connectivity index (χ4n) is 2.30. The molecule has 0 aliphatic carbocycles. The Kier molecular flexibility index (Phi) is 4.63. The van der Waals surface area contributed by atoms with Gasteiger partial charge in [0.1, 0.15) is 23.3 Å². The van der Waals surface area contributed by atoms with Crippen molar-refractivity contribution in [3.63, 3.8) is 0 Å². The number of nitrogen functional groups attached to an aromatic ring is 1. The lowest BCUT2D eigenvalue weighted by atomic mass is 10.0. The average Bonchev–Trinajstić information content (AvgIpc) is 2.54. The van der Waals surface area contributed by atoms with E-state index in [0.29, 0.717) is 16.5 Å². The summed E-state index contributed by atoms with van der Waals surface area (Å²) in [6, 6.07) is 13.0. The van der Waals surface area contributed by atoms with Gasteiger partial charge in [0.25, 0.3) is 0 Å². The molecule has 0 aliphatic rings. The molecule has 0 aliphatic heterocycles. The standard InChI is InChI=1S/C18H12ClF2N3O/c19-10-3-1-4-11(9-10)23-15-8-7-12(18(22)24-15)17(25)16-13(20)5-2-6-14(16)21/h1-9H,(H3,22,23,24). The third kappa shape index (κ3) is 3.59. The van der Waals surface area contributed by atoms with E-state index < -0.39 is 23.0 Å². The van der Waals surface area contributed by atoms with E-state index in [-0.39, 0.29) is 11.4 Å². The number of nitrogens with two attached hydrogens (primary N) is 1. The highest BCUT2D eigenvalue weighted by molar-refractivity contribution is 6.30. The van der Waals surface area contributed by atoms with Crippen LogP contribution in [0, 0.1) is 11.6 Å². The first kappa shape index (κ1) is 16.9. The molecule has 3 rings (SSSR count). The number of halogens is 3. The third-order valence-electron chi connectivity index (χ3n) is 3.46. The molecule has 3 aromatic rings. The number of carbonyl (C=O) groups excluding carboxylic acids is 1. The van der Waals surface area contributed by atoms with E-state index >= 15 is 0 Å². The zero-order valence-corrected chi connectivity index (χ0v) is 13.5. The molecule has 0 unspecified atom stereocenters. The van der Waals surface area contributed by atoms with E-state index in [4.69, 9.17) is 17.3 Å². The molecular formula is C18H12ClF2N3O. The molecule has 0 saturated heterocycles. The van der Waals surface area contributed by atoms with Crippen molar-refractivity contribution in [2.75, 3.05) is 11.1 Å². The fourth-order valence-corrected chi connectivity index (χ4v) is 2.49. The van der Waals surface area contributed by atoms with Gasteiger partial charge in [-0.15, -0.1) is 0 Å². The normalized spacial score (nSPS) is 10.5. The summed E-state index contributed by atoms with van der Waals surface area (Å²) in [7, 11) is 0. The van der Waals surface area contributed by atoms with E-state index in [1.165, 1.54) is 18.2 Å². The van der Waals surface area contributed by atoms with Gasteiger partial charge in [-0.3, -0.25) is 4.79 Å². The van der Waals surface area contributed by atoms with Gasteiger partial charge in [-0.25, -0.2) is 13.8 Å². The molecule has 7 heteroatoms. The molecule has 0 saturated carbocycles. The van der Waals surface area contributed by atoms with Gasteiger partial charge >= 0.3 is 0 Å². The van der Waals surface area contributed by atoms with Crippen LogP contribution in [0.1, 0.15) is 15.9 Å². The SMILES string of the molecule is Nc1nc(Nc2cccc(Cl)c2)ccc1C(=O)c1c(F)cccc1F. The Hall–Kier alpha value is -2.99. The van der Waals surface area contributed by atoms with Gasteiger partial charge in [0.2, 0.25) is 5.78 Å². The molecule has 3 N–H and O–H groups in total. The Morgan fingerprint density at radius 1 is 1.04 bits per heavy atom. The molecule has 1 aromatic heterocycles. The number of anilines is 3. The minimum absolute atomic E-state index is 0.0827. The highest BCUT2D eigenvalue weighted by atomic mass is 35.5. The molecule has 0 fully saturated rings. The maximum atomic E-state index is 13.8. The van der Waals surface area contributed by atoms with Crippen LogP contribution in [0.5, 0.6) is 0 Å². The second-order valence-corrected chi connectivity index (χ2v) is 5.63. The number of aromatic nitrogens is 1. The van der Waals surface area contributed by atoms with Crippen molar-refractivity contribution >= 4 is 34.7 Å². The number of hydrogen-bond acceptors (Lipinski definition) is 4. The first-order chi connectivity index (χ1) is 12.0. The largest absolute Gasteiger partial charge is 0.383 e. The van der Waals surface area contributed by atoms with E-state index in [0.717, 1.165) is 12.1 Å². The lowest BCUT2D eigenvalue weighted by molar-refractivity contribution is 0.103. The van der Waals surface area contributed by atoms with Crippen molar-refractivity contribution in [1.82, 2.24) is 4.98 Å². The van der Waals surface area contributed by atoms with Crippen molar-refractivity contribution in [2.24, 2.45) is 0 Å². The van der Waals surface area contributed by atoms with Crippen LogP contribution in [-0.2, 0) is 0 Å². The molecule has 0 bridgehead atoms. The summed E-state index contributed by atoms with van der Waals surface area (Å²) in [6.07, 6.45) is 0. The van der Waals surface area contributed by atoms with Gasteiger partial charge in [-0.2, -0.15) is 0 Å². The molecular weight excluding hydrogens is 348 g/mol. The topological polar surface area (TPSA) is 68.0 Å². The minimum Gasteiger partial charge on any atom is -0.383 e. The van der Waals surface area contributed by atoms with Gasteiger partial charge < -0.3 is 11.1 Å². The van der Waals surface area contributed by atoms with Gasteiger partial charge in [0.05, 0.1) is 11.1 Å². The number of hydrogen-bond donors (Lipinski definition) is 2. The lowest BCUT2D eigenvalue weighted by Gasteiger charge is -2.10. The maximum absolute atomic E-state index is 13.8. The Morgan fingerprint density at radius 2 is 1.72 bits per heavy atom. The van der Waals surface area contributed by atoms with E-state index in [1.54, 1.807) is 24.3 Å². The summed E-state index contributed by atoms with van der Waals surface area (Å²) in [6.45, 7) is 0. The number of carbonyl (C=O) groups is 1. The summed E-state index contributed by atoms with van der Waals surface area (Å²) < 4.78 is 27.6. The number of pyridine rings is 1. The quantitative estimate of drug-likeness (QED) is 0.669. The van der Waals surface area contributed by atoms with Crippen LogP contribution >= 0.6 is 11.6 Å². The van der Waals surface area contributed by atoms with E-state index in [1.807, 2.05) is 0 Å². The molecule has 25 heavy (non-hydrogen) atoms. The highest BCUT2D eigenvalue weighted by Gasteiger charge is 2.21. The van der Waals surface area contributed by atoms with Crippen LogP contribution in [0.4, 0.5) is 26.1 Å². The van der Waals surface area contributed by atoms with Crippen molar-refractivity contribution in [3.8, 4) is 0 Å². The monoisotopic (exact) mass is 359 g/mol. The summed E-state index contributed by atoms with van der Waals surface area (Å²) in [5.74, 6) is -2.55. The Labute approximate surface area is 147 Å². The molecule has 1 heterocycles. The third-order valence-corrected chi connectivity index (χ3v) is 3.69. The Bertz CT molecular complexity index is 943. The highest BCUT2D eigenvalue weighted by Crippen LogP contribution is 2.24. The number of rotatable bonds is 4. The Balaban J connectivity index is 1.91. The molecule has 0 atom stereocenters. The van der Waals surface area contributed by atoms with Crippen LogP contribution in [0.2, 0.25) is 5.02 Å². The van der Waals surface area contributed by atoms with Crippen LogP contribution in [0.25, 0.3) is 0 Å². The molecule has 126 valence electrons. The predicted octanol–water partition coefficient (Wildman–Crippen LogP) is 4.57. The maximum Gasteiger partial charge on any atom is 0.202 e. The zero-order valence-electron chi connectivity index (χ0n) is 12.8. The van der Waals surface area contributed by atoms with Crippen molar-refractivity contribution in [3.05, 3.63) is 82.4 Å². The van der Waals surface area contributed by atoms with Crippen LogP contribution < -0.4 is 11.1 Å². The summed E-state index contributed by atoms with van der Waals surface area (Å²) in [4.78, 5) is 16.4. The number of nitrogens with one attached hydrogen (secondary N) is 1. The molecule has 4 nitrogen and oxygen atoms in total. The summed E-state index contributed by atoms with van der Waals surface area (Å²) >= 11 is 5.91. The first-order valence-corrected chi connectivity index (χ1v) is 7.61. The van der Waals surface area contributed by atoms with Gasteiger partial charge in [0.15, 0.2) is 0 Å². The fraction of sp³-hybridized carbons (Fsp3) is 0. The second kappa shape index (κ2) is 6.86. The Morgan fingerprint density at radius 3 is 2.36 bits per heavy atom. The predicted molar refractivity (Wildman–Crippen MR) is 93.2 cm³/mol. The smallest absolute Gasteiger partial charge is 0.202 e. The van der Waals surface area contributed by atoms with Crippen LogP contribution in [-0.4, -0.2) is 10.8 Å². The van der Waals surface area contributed by atoms with E-state index in [9.17, 15) is 13.6 Å². The van der Waals surface area contributed by atoms with Gasteiger partial charge in [-0.05, 0) is 42.5 Å². The van der Waals surface area contributed by atoms with E-state index in [2.05, 4.69) is 10.3 Å². The molecule has 2 aromatic carbocycles. The van der Waals surface area contributed by atoms with Crippen LogP contribution in [0.15, 0.2) is 54.6 Å². The molecule has 0 radical (unpaired) electrons.